The summed E-state index contributed by atoms with van der Waals surface area (Å²) in [6.07, 6.45) is 2.94. The Hall–Kier alpha value is -0.650. The molecule has 0 atom stereocenters. The molecule has 1 aromatic heterocycles. The molecular formula is C11H21N3OS. The molecule has 0 fully saturated rings. The molecule has 0 spiro atoms. The van der Waals surface area contributed by atoms with Crippen LogP contribution in [0.15, 0.2) is 6.20 Å². The summed E-state index contributed by atoms with van der Waals surface area (Å²) in [7, 11) is 0. The van der Waals surface area contributed by atoms with Gasteiger partial charge in [0, 0.05) is 19.3 Å². The fourth-order valence-corrected chi connectivity index (χ4v) is 2.06. The molecule has 0 bridgehead atoms. The largest absolute Gasteiger partial charge is 0.390 e. The average molecular weight is 243 g/mol. The molecule has 2 N–H and O–H groups in total. The van der Waals surface area contributed by atoms with Gasteiger partial charge in [-0.25, -0.2) is 0 Å². The molecule has 0 amide bonds. The lowest BCUT2D eigenvalue weighted by Gasteiger charge is -2.20. The fraction of sp³-hybridized carbons (Fsp3) is 0.727. The van der Waals surface area contributed by atoms with Crippen LogP contribution in [0.4, 0.5) is 0 Å². The van der Waals surface area contributed by atoms with Crippen molar-refractivity contribution in [1.82, 2.24) is 14.5 Å². The van der Waals surface area contributed by atoms with E-state index in [4.69, 9.17) is 17.3 Å². The van der Waals surface area contributed by atoms with Gasteiger partial charge >= 0.3 is 0 Å². The quantitative estimate of drug-likeness (QED) is 0.717. The van der Waals surface area contributed by atoms with E-state index in [0.29, 0.717) is 4.77 Å². The molecule has 0 aliphatic carbocycles. The standard InChI is InChI=1S/C11H21N3OS/c1-3-5-13(4-2)6-7-14-10(9-15)8-12-11(14)16/h8,15H,3-7,9H2,1-2H3,(H,12,16). The molecular weight excluding hydrogens is 222 g/mol. The van der Waals surface area contributed by atoms with Crippen molar-refractivity contribution < 1.29 is 5.11 Å². The lowest BCUT2D eigenvalue weighted by atomic mass is 10.4. The van der Waals surface area contributed by atoms with Crippen LogP contribution >= 0.6 is 12.2 Å². The number of nitrogens with zero attached hydrogens (tertiary/aromatic N) is 2. The number of hydrogen-bond acceptors (Lipinski definition) is 3. The molecule has 0 radical (unpaired) electrons. The summed E-state index contributed by atoms with van der Waals surface area (Å²) in [4.78, 5) is 5.35. The predicted octanol–water partition coefficient (Wildman–Crippen LogP) is 1.77. The molecule has 0 unspecified atom stereocenters. The van der Waals surface area contributed by atoms with Gasteiger partial charge in [0.1, 0.15) is 0 Å². The summed E-state index contributed by atoms with van der Waals surface area (Å²) in [5.41, 5.74) is 0.859. The highest BCUT2D eigenvalue weighted by molar-refractivity contribution is 7.71. The van der Waals surface area contributed by atoms with Crippen LogP contribution < -0.4 is 0 Å². The van der Waals surface area contributed by atoms with Gasteiger partial charge in [-0.15, -0.1) is 0 Å². The molecule has 4 nitrogen and oxygen atoms in total. The molecule has 1 rings (SSSR count). The van der Waals surface area contributed by atoms with Gasteiger partial charge in [-0.1, -0.05) is 13.8 Å². The number of imidazole rings is 1. The molecule has 16 heavy (non-hydrogen) atoms. The van der Waals surface area contributed by atoms with Gasteiger partial charge in [-0.05, 0) is 31.7 Å². The number of aromatic nitrogens is 2. The van der Waals surface area contributed by atoms with Gasteiger partial charge < -0.3 is 19.6 Å². The lowest BCUT2D eigenvalue weighted by Crippen LogP contribution is -2.28. The molecule has 1 aromatic rings. The summed E-state index contributed by atoms with van der Waals surface area (Å²) >= 11 is 5.17. The maximum absolute atomic E-state index is 9.16. The van der Waals surface area contributed by atoms with Crippen LogP contribution in [0.25, 0.3) is 0 Å². The van der Waals surface area contributed by atoms with Crippen LogP contribution in [-0.2, 0) is 13.2 Å². The fourth-order valence-electron chi connectivity index (χ4n) is 1.79. The van der Waals surface area contributed by atoms with Crippen molar-refractivity contribution >= 4 is 12.2 Å². The SMILES string of the molecule is CCCN(CC)CCn1c(CO)c[nH]c1=S. The first-order valence-electron chi connectivity index (χ1n) is 5.83. The zero-order valence-electron chi connectivity index (χ0n) is 10.1. The highest BCUT2D eigenvalue weighted by atomic mass is 32.1. The van der Waals surface area contributed by atoms with Crippen LogP contribution in [0, 0.1) is 4.77 Å². The second kappa shape index (κ2) is 6.83. The van der Waals surface area contributed by atoms with Crippen molar-refractivity contribution in [2.45, 2.75) is 33.4 Å². The number of aliphatic hydroxyl groups is 1. The van der Waals surface area contributed by atoms with Crippen molar-refractivity contribution in [2.75, 3.05) is 19.6 Å². The summed E-state index contributed by atoms with van der Waals surface area (Å²) in [6.45, 7) is 8.37. The van der Waals surface area contributed by atoms with E-state index in [-0.39, 0.29) is 6.61 Å². The van der Waals surface area contributed by atoms with E-state index in [0.717, 1.165) is 31.9 Å². The number of aromatic amines is 1. The van der Waals surface area contributed by atoms with Gasteiger partial charge in [0.15, 0.2) is 4.77 Å². The van der Waals surface area contributed by atoms with E-state index in [1.807, 2.05) is 4.57 Å². The first-order chi connectivity index (χ1) is 7.72. The Labute approximate surface area is 102 Å². The summed E-state index contributed by atoms with van der Waals surface area (Å²) in [6, 6.07) is 0. The highest BCUT2D eigenvalue weighted by Crippen LogP contribution is 2.02. The Bertz CT molecular complexity index is 358. The first kappa shape index (κ1) is 13.4. The smallest absolute Gasteiger partial charge is 0.177 e. The van der Waals surface area contributed by atoms with E-state index >= 15 is 0 Å². The normalized spacial score (nSPS) is 11.2. The van der Waals surface area contributed by atoms with Crippen LogP contribution in [0.5, 0.6) is 0 Å². The minimum Gasteiger partial charge on any atom is -0.390 e. The van der Waals surface area contributed by atoms with E-state index in [9.17, 15) is 0 Å². The topological polar surface area (TPSA) is 44.2 Å². The molecule has 92 valence electrons. The molecule has 0 aromatic carbocycles. The predicted molar refractivity (Wildman–Crippen MR) is 67.9 cm³/mol. The molecule has 0 aliphatic rings. The zero-order valence-corrected chi connectivity index (χ0v) is 10.9. The molecule has 0 aliphatic heterocycles. The number of rotatable bonds is 7. The van der Waals surface area contributed by atoms with Crippen LogP contribution in [0.3, 0.4) is 0 Å². The Morgan fingerprint density at radius 2 is 2.19 bits per heavy atom. The lowest BCUT2D eigenvalue weighted by molar-refractivity contribution is 0.254. The second-order valence-corrected chi connectivity index (χ2v) is 4.22. The summed E-state index contributed by atoms with van der Waals surface area (Å²) in [5.74, 6) is 0. The highest BCUT2D eigenvalue weighted by Gasteiger charge is 2.05. The molecule has 1 heterocycles. The van der Waals surface area contributed by atoms with E-state index in [2.05, 4.69) is 23.7 Å². The van der Waals surface area contributed by atoms with Crippen LogP contribution in [-0.4, -0.2) is 39.2 Å². The van der Waals surface area contributed by atoms with E-state index in [1.165, 1.54) is 6.42 Å². The average Bonchev–Trinajstić information content (AvgIpc) is 2.65. The number of nitrogens with one attached hydrogen (secondary N) is 1. The minimum absolute atomic E-state index is 0.0348. The van der Waals surface area contributed by atoms with E-state index < -0.39 is 0 Å². The van der Waals surface area contributed by atoms with Crippen molar-refractivity contribution in [3.05, 3.63) is 16.7 Å². The molecule has 0 saturated heterocycles. The number of H-pyrrole nitrogens is 1. The Balaban J connectivity index is 2.59. The van der Waals surface area contributed by atoms with Gasteiger partial charge in [-0.3, -0.25) is 0 Å². The van der Waals surface area contributed by atoms with Crippen molar-refractivity contribution in [3.63, 3.8) is 0 Å². The van der Waals surface area contributed by atoms with Gasteiger partial charge in [0.2, 0.25) is 0 Å². The monoisotopic (exact) mass is 243 g/mol. The molecule has 5 heteroatoms. The third-order valence-corrected chi connectivity index (χ3v) is 3.08. The minimum atomic E-state index is 0.0348. The summed E-state index contributed by atoms with van der Waals surface area (Å²) in [5, 5.41) is 9.16. The third-order valence-electron chi connectivity index (χ3n) is 2.74. The number of aliphatic hydroxyl groups excluding tert-OH is 1. The zero-order chi connectivity index (χ0) is 12.0. The molecule has 0 saturated carbocycles. The maximum atomic E-state index is 9.16. The van der Waals surface area contributed by atoms with Crippen molar-refractivity contribution in [2.24, 2.45) is 0 Å². The van der Waals surface area contributed by atoms with Gasteiger partial charge in [0.05, 0.1) is 12.3 Å². The number of likely N-dealkylation sites (N-methyl/N-ethyl adjacent to an activating group) is 1. The Morgan fingerprint density at radius 3 is 2.75 bits per heavy atom. The Kier molecular flexibility index (Phi) is 5.73. The van der Waals surface area contributed by atoms with Crippen LogP contribution in [0.1, 0.15) is 26.0 Å². The third kappa shape index (κ3) is 3.43. The van der Waals surface area contributed by atoms with Gasteiger partial charge in [0.25, 0.3) is 0 Å². The Morgan fingerprint density at radius 1 is 1.44 bits per heavy atom. The second-order valence-electron chi connectivity index (χ2n) is 3.83. The van der Waals surface area contributed by atoms with Crippen molar-refractivity contribution in [3.8, 4) is 0 Å². The van der Waals surface area contributed by atoms with Gasteiger partial charge in [-0.2, -0.15) is 0 Å². The summed E-state index contributed by atoms with van der Waals surface area (Å²) < 4.78 is 2.66. The van der Waals surface area contributed by atoms with E-state index in [1.54, 1.807) is 6.20 Å². The maximum Gasteiger partial charge on any atom is 0.177 e. The first-order valence-corrected chi connectivity index (χ1v) is 6.24. The van der Waals surface area contributed by atoms with Crippen LogP contribution in [0.2, 0.25) is 0 Å². The van der Waals surface area contributed by atoms with Crippen molar-refractivity contribution in [1.29, 1.82) is 0 Å². The number of hydrogen-bond donors (Lipinski definition) is 2.